The number of aliphatic hydroxyl groups excluding tert-OH is 2. The number of fused-ring (bicyclic) bond motifs is 3. The quantitative estimate of drug-likeness (QED) is 0.0998. The summed E-state index contributed by atoms with van der Waals surface area (Å²) < 4.78 is 53.8. The summed E-state index contributed by atoms with van der Waals surface area (Å²) >= 11 is 0. The molecular formula is C57H93NO15. The van der Waals surface area contributed by atoms with E-state index in [1.165, 1.54) is 26.2 Å². The average molecular weight is 1030 g/mol. The fraction of sp³-hybridized carbons (Fsp3) is 0.789. The van der Waals surface area contributed by atoms with Crippen LogP contribution >= 0.6 is 0 Å². The number of aliphatic hydroxyl groups is 2. The van der Waals surface area contributed by atoms with Crippen molar-refractivity contribution in [3.63, 3.8) is 0 Å². The Kier molecular flexibility index (Phi) is 26.8. The van der Waals surface area contributed by atoms with Crippen molar-refractivity contribution in [2.75, 3.05) is 68.5 Å². The molecule has 4 rings (SSSR count). The Hall–Kier alpha value is -3.00. The van der Waals surface area contributed by atoms with Crippen molar-refractivity contribution in [3.8, 4) is 0 Å². The molecule has 0 aromatic rings. The van der Waals surface area contributed by atoms with Crippen molar-refractivity contribution in [1.82, 2.24) is 4.90 Å². The Morgan fingerprint density at radius 3 is 2.21 bits per heavy atom. The number of nitrogens with zero attached hydrogens (tertiary/aromatic N) is 1. The van der Waals surface area contributed by atoms with Gasteiger partial charge in [0.25, 0.3) is 0 Å². The van der Waals surface area contributed by atoms with Gasteiger partial charge in [-0.05, 0) is 101 Å². The Morgan fingerprint density at radius 2 is 1.52 bits per heavy atom. The number of hydrogen-bond donors (Lipinski definition) is 2. The van der Waals surface area contributed by atoms with Gasteiger partial charge in [-0.25, -0.2) is 0 Å². The number of piperidine rings is 1. The summed E-state index contributed by atoms with van der Waals surface area (Å²) in [5.41, 5.74) is 1.58. The number of rotatable bonds is 14. The molecule has 4 aliphatic rings. The van der Waals surface area contributed by atoms with Crippen LogP contribution in [0, 0.1) is 35.5 Å². The van der Waals surface area contributed by atoms with Crippen LogP contribution in [0.5, 0.6) is 0 Å². The van der Waals surface area contributed by atoms with Gasteiger partial charge in [0, 0.05) is 72.7 Å². The van der Waals surface area contributed by atoms with E-state index in [4.69, 9.17) is 42.6 Å². The molecule has 1 saturated carbocycles. The van der Waals surface area contributed by atoms with E-state index in [9.17, 15) is 29.4 Å². The lowest BCUT2D eigenvalue weighted by molar-refractivity contribution is -0.286. The van der Waals surface area contributed by atoms with Crippen LogP contribution in [-0.4, -0.2) is 168 Å². The minimum atomic E-state index is -1.82. The van der Waals surface area contributed by atoms with Crippen molar-refractivity contribution in [3.05, 3.63) is 47.6 Å². The normalized spacial score (nSPS) is 37.4. The lowest BCUT2D eigenvalue weighted by atomic mass is 9.78. The highest BCUT2D eigenvalue weighted by Crippen LogP contribution is 2.40. The van der Waals surface area contributed by atoms with Crippen molar-refractivity contribution in [2.24, 2.45) is 35.5 Å². The van der Waals surface area contributed by atoms with Crippen molar-refractivity contribution in [2.45, 2.75) is 186 Å². The third-order valence-corrected chi connectivity index (χ3v) is 15.8. The molecule has 1 aliphatic carbocycles. The number of carbonyl (C=O) groups is 4. The van der Waals surface area contributed by atoms with E-state index in [1.807, 2.05) is 58.9 Å². The third-order valence-electron chi connectivity index (χ3n) is 15.8. The van der Waals surface area contributed by atoms with E-state index in [0.29, 0.717) is 96.2 Å². The highest BCUT2D eigenvalue weighted by atomic mass is 16.7. The van der Waals surface area contributed by atoms with Crippen molar-refractivity contribution < 1.29 is 72.0 Å². The minimum absolute atomic E-state index is 0.0520. The second kappa shape index (κ2) is 31.3. The summed E-state index contributed by atoms with van der Waals surface area (Å²) in [6.07, 6.45) is 11.8. The number of cyclic esters (lactones) is 1. The minimum Gasteiger partial charge on any atom is -0.460 e. The average Bonchev–Trinajstić information content (AvgIpc) is 3.37. The van der Waals surface area contributed by atoms with Crippen LogP contribution in [0.25, 0.3) is 0 Å². The van der Waals surface area contributed by atoms with Crippen LogP contribution in [0.15, 0.2) is 47.6 Å². The SMILES string of the molecule is COCCOCCOC1C[C@@H]2CC[C@@H](C)[C@@](OC)(O2)C(=O)C(O)N2CCCC[C@H]2C(=O)O[C@H]([C@H](C)C[C@@H]2CC[C@@H](O)[C@H](OC)C2)CC(=O)[C@H](C)/C=C(\C)[C@@H](OC)[C@@H](OC)C(=O)[C@H](C)C[C@H](C)/C=C/C=CC=C1C. The number of esters is 1. The summed E-state index contributed by atoms with van der Waals surface area (Å²) in [6, 6.07) is -0.990. The van der Waals surface area contributed by atoms with Gasteiger partial charge in [-0.15, -0.1) is 0 Å². The zero-order valence-corrected chi connectivity index (χ0v) is 46.3. The maximum absolute atomic E-state index is 14.9. The molecule has 0 amide bonds. The molecule has 0 aromatic heterocycles. The van der Waals surface area contributed by atoms with Gasteiger partial charge in [0.05, 0.1) is 50.8 Å². The number of allylic oxidation sites excluding steroid dienone is 6. The van der Waals surface area contributed by atoms with Gasteiger partial charge in [0.15, 0.2) is 12.0 Å². The fourth-order valence-electron chi connectivity index (χ4n) is 11.3. The first-order valence-electron chi connectivity index (χ1n) is 27.0. The zero-order valence-electron chi connectivity index (χ0n) is 46.3. The first-order valence-corrected chi connectivity index (χ1v) is 27.0. The van der Waals surface area contributed by atoms with Gasteiger partial charge in [0.1, 0.15) is 30.1 Å². The number of ether oxygens (including phenoxy) is 9. The van der Waals surface area contributed by atoms with E-state index < -0.39 is 78.3 Å². The van der Waals surface area contributed by atoms with E-state index in [-0.39, 0.29) is 54.3 Å². The molecule has 16 heteroatoms. The molecule has 73 heavy (non-hydrogen) atoms. The first kappa shape index (κ1) is 62.5. The Bertz CT molecular complexity index is 1850. The number of ketones is 3. The lowest BCUT2D eigenvalue weighted by Gasteiger charge is -2.46. The fourth-order valence-corrected chi connectivity index (χ4v) is 11.3. The van der Waals surface area contributed by atoms with Crippen LogP contribution in [0.4, 0.5) is 0 Å². The van der Waals surface area contributed by atoms with E-state index >= 15 is 0 Å². The van der Waals surface area contributed by atoms with Gasteiger partial charge in [-0.3, -0.25) is 24.1 Å². The van der Waals surface area contributed by atoms with Gasteiger partial charge in [0.2, 0.25) is 11.6 Å². The number of methoxy groups -OCH3 is 5. The standard InChI is InChI=1S/C57H93NO15/c1-36-18-14-13-15-19-37(2)48(71-29-28-70-27-26-65-8)34-44-23-21-42(7)57(69-12,73-44)54(62)55(63)58-25-17-16-20-45(58)56(64)72-49(39(4)32-43-22-24-46(59)50(33-43)66-9)35-47(60)38(3)31-41(6)52(67-10)53(68-11)51(61)40(5)30-36/h13-15,18-19,31,36,38-40,42-46,48-50,52-53,55,59,63H,16-17,20-30,32-35H2,1-12H3/b15-13?,18-14+,37-19?,41-31+/t36-,38-,39-,40-,42-,43+,44+,45+,46-,48?,49+,50-,52-,53+,55?,57-/m1/s1. The number of carbonyl (C=O) groups excluding carboxylic acids is 4. The molecule has 16 nitrogen and oxygen atoms in total. The smallest absolute Gasteiger partial charge is 0.323 e. The highest BCUT2D eigenvalue weighted by Gasteiger charge is 2.54. The number of hydrogen-bond acceptors (Lipinski definition) is 16. The topological polar surface area (TPSA) is 195 Å². The maximum atomic E-state index is 14.9. The zero-order chi connectivity index (χ0) is 53.8. The highest BCUT2D eigenvalue weighted by molar-refractivity contribution is 5.91. The first-order chi connectivity index (χ1) is 34.8. The molecule has 2 saturated heterocycles. The van der Waals surface area contributed by atoms with Crippen molar-refractivity contribution in [1.29, 1.82) is 0 Å². The Morgan fingerprint density at radius 1 is 0.795 bits per heavy atom. The molecule has 0 spiro atoms. The Labute approximate surface area is 436 Å². The monoisotopic (exact) mass is 1030 g/mol. The number of Topliss-reactive ketones (excluding diaryl/α,β-unsaturated/α-hetero) is 3. The third kappa shape index (κ3) is 17.8. The van der Waals surface area contributed by atoms with Gasteiger partial charge in [-0.2, -0.15) is 0 Å². The van der Waals surface area contributed by atoms with Crippen LogP contribution in [0.2, 0.25) is 0 Å². The van der Waals surface area contributed by atoms with Crippen LogP contribution < -0.4 is 0 Å². The summed E-state index contributed by atoms with van der Waals surface area (Å²) in [5, 5.41) is 22.8. The Balaban J connectivity index is 1.74. The van der Waals surface area contributed by atoms with E-state index in [1.54, 1.807) is 27.2 Å². The molecule has 416 valence electrons. The van der Waals surface area contributed by atoms with Gasteiger partial charge >= 0.3 is 5.97 Å². The molecule has 3 fully saturated rings. The molecule has 2 unspecified atom stereocenters. The molecular weight excluding hydrogens is 939 g/mol. The second-order valence-electron chi connectivity index (χ2n) is 21.4. The molecule has 0 aromatic carbocycles. The molecule has 16 atom stereocenters. The largest absolute Gasteiger partial charge is 0.460 e. The predicted octanol–water partition coefficient (Wildman–Crippen LogP) is 7.31. The van der Waals surface area contributed by atoms with Gasteiger partial charge < -0.3 is 52.8 Å². The lowest BCUT2D eigenvalue weighted by Crippen LogP contribution is -2.63. The van der Waals surface area contributed by atoms with E-state index in [2.05, 4.69) is 13.0 Å². The molecule has 0 radical (unpaired) electrons. The molecule has 2 bridgehead atoms. The summed E-state index contributed by atoms with van der Waals surface area (Å²) in [7, 11) is 7.64. The van der Waals surface area contributed by atoms with Crippen molar-refractivity contribution >= 4 is 23.3 Å². The summed E-state index contributed by atoms with van der Waals surface area (Å²) in [5.74, 6) is -4.97. The molecule has 3 aliphatic heterocycles. The summed E-state index contributed by atoms with van der Waals surface area (Å²) in [4.78, 5) is 59.5. The molecule has 3 heterocycles. The van der Waals surface area contributed by atoms with Crippen LogP contribution in [0.1, 0.15) is 126 Å². The van der Waals surface area contributed by atoms with Gasteiger partial charge in [-0.1, -0.05) is 77.5 Å². The van der Waals surface area contributed by atoms with Crippen LogP contribution in [0.3, 0.4) is 0 Å². The maximum Gasteiger partial charge on any atom is 0.323 e. The molecule has 2 N–H and O–H groups in total. The second-order valence-corrected chi connectivity index (χ2v) is 21.4. The summed E-state index contributed by atoms with van der Waals surface area (Å²) in [6.45, 7) is 15.2. The van der Waals surface area contributed by atoms with E-state index in [0.717, 1.165) is 12.0 Å². The predicted molar refractivity (Wildman–Crippen MR) is 277 cm³/mol. The van der Waals surface area contributed by atoms with Crippen LogP contribution in [-0.2, 0) is 61.8 Å².